The summed E-state index contributed by atoms with van der Waals surface area (Å²) in [4.78, 5) is 66.5. The summed E-state index contributed by atoms with van der Waals surface area (Å²) in [5.41, 5.74) is -0.610. The first kappa shape index (κ1) is 20.4. The van der Waals surface area contributed by atoms with Gasteiger partial charge in [-0.1, -0.05) is 42.5 Å². The molecule has 5 rings (SSSR count). The fourth-order valence-electron chi connectivity index (χ4n) is 4.66. The Morgan fingerprint density at radius 2 is 1.47 bits per heavy atom. The van der Waals surface area contributed by atoms with Crippen LogP contribution in [0, 0.1) is 0 Å². The minimum absolute atomic E-state index is 0.177. The van der Waals surface area contributed by atoms with Gasteiger partial charge < -0.3 is 0 Å². The molecule has 2 aromatic rings. The van der Waals surface area contributed by atoms with E-state index in [1.807, 2.05) is 0 Å². The minimum atomic E-state index is -1.75. The van der Waals surface area contributed by atoms with Crippen LogP contribution < -0.4 is 0 Å². The van der Waals surface area contributed by atoms with E-state index in [4.69, 9.17) is 0 Å². The number of carbonyl (C=O) groups is 5. The molecular formula is C24H18N2O5S. The van der Waals surface area contributed by atoms with Gasteiger partial charge in [-0.25, -0.2) is 0 Å². The molecule has 0 aliphatic carbocycles. The summed E-state index contributed by atoms with van der Waals surface area (Å²) in [6.07, 6.45) is 1.39. The average molecular weight is 446 g/mol. The zero-order chi connectivity index (χ0) is 22.8. The molecule has 0 spiro atoms. The zero-order valence-electron chi connectivity index (χ0n) is 17.3. The Hall–Kier alpha value is -3.52. The molecule has 1 saturated heterocycles. The number of β-lactam (4-membered cyclic amide) rings is 1. The first-order valence-electron chi connectivity index (χ1n) is 10.0. The number of imide groups is 1. The normalized spacial score (nSPS) is 26.3. The Labute approximate surface area is 188 Å². The van der Waals surface area contributed by atoms with Gasteiger partial charge >= 0.3 is 0 Å². The number of rotatable bonds is 4. The van der Waals surface area contributed by atoms with E-state index in [0.717, 1.165) is 16.7 Å². The van der Waals surface area contributed by atoms with Crippen molar-refractivity contribution in [2.24, 2.45) is 0 Å². The standard InChI is InChI=1S/C24H18N2O5S/c1-14(27)16-12-25-22(31)23(2,26-20(29)17-10-6-7-11-18(17)21(26)30)24(25,32-13-16)19(28)15-8-4-3-5-9-15/h3-12H,13H2,1-2H3. The van der Waals surface area contributed by atoms with E-state index >= 15 is 0 Å². The molecule has 2 atom stereocenters. The molecule has 32 heavy (non-hydrogen) atoms. The monoisotopic (exact) mass is 446 g/mol. The van der Waals surface area contributed by atoms with Crippen molar-refractivity contribution in [2.45, 2.75) is 24.3 Å². The quantitative estimate of drug-likeness (QED) is 0.407. The Balaban J connectivity index is 1.69. The van der Waals surface area contributed by atoms with E-state index in [9.17, 15) is 24.0 Å². The first-order chi connectivity index (χ1) is 15.2. The van der Waals surface area contributed by atoms with Crippen molar-refractivity contribution < 1.29 is 24.0 Å². The largest absolute Gasteiger partial charge is 0.295 e. The van der Waals surface area contributed by atoms with Crippen molar-refractivity contribution in [3.05, 3.63) is 83.1 Å². The van der Waals surface area contributed by atoms with Crippen molar-refractivity contribution in [1.29, 1.82) is 0 Å². The van der Waals surface area contributed by atoms with E-state index in [1.54, 1.807) is 42.5 Å². The smallest absolute Gasteiger partial charge is 0.262 e. The molecule has 0 bridgehead atoms. The van der Waals surface area contributed by atoms with Gasteiger partial charge in [-0.05, 0) is 26.0 Å². The van der Waals surface area contributed by atoms with E-state index in [1.165, 1.54) is 37.1 Å². The van der Waals surface area contributed by atoms with Crippen LogP contribution in [0.25, 0.3) is 0 Å². The fraction of sp³-hybridized carbons (Fsp3) is 0.208. The van der Waals surface area contributed by atoms with Crippen molar-refractivity contribution in [2.75, 3.05) is 5.75 Å². The number of carbonyl (C=O) groups excluding carboxylic acids is 5. The van der Waals surface area contributed by atoms with E-state index in [2.05, 4.69) is 0 Å². The van der Waals surface area contributed by atoms with E-state index in [0.29, 0.717) is 11.1 Å². The van der Waals surface area contributed by atoms with Crippen LogP contribution in [0.2, 0.25) is 0 Å². The SMILES string of the molecule is CC(=O)C1=CN2C(=O)C(C)(N3C(=O)c4ccccc4C3=O)C2(C(=O)c2ccccc2)SC1. The highest BCUT2D eigenvalue weighted by atomic mass is 32.2. The van der Waals surface area contributed by atoms with Gasteiger partial charge in [-0.3, -0.25) is 33.8 Å². The number of hydrogen-bond donors (Lipinski definition) is 0. The van der Waals surface area contributed by atoms with Gasteiger partial charge in [0.15, 0.2) is 16.2 Å². The summed E-state index contributed by atoms with van der Waals surface area (Å²) in [5.74, 6) is -2.23. The van der Waals surface area contributed by atoms with Gasteiger partial charge in [0.05, 0.1) is 11.1 Å². The maximum Gasteiger partial charge on any atom is 0.262 e. The highest BCUT2D eigenvalue weighted by molar-refractivity contribution is 8.02. The number of hydrogen-bond acceptors (Lipinski definition) is 6. The lowest BCUT2D eigenvalue weighted by atomic mass is 9.73. The molecule has 7 nitrogen and oxygen atoms in total. The summed E-state index contributed by atoms with van der Waals surface area (Å²) in [7, 11) is 0. The molecule has 2 aromatic carbocycles. The van der Waals surface area contributed by atoms with Crippen LogP contribution in [-0.4, -0.2) is 55.3 Å². The Bertz CT molecular complexity index is 1240. The summed E-state index contributed by atoms with van der Waals surface area (Å²) in [6.45, 7) is 2.86. The number of nitrogens with zero attached hydrogens (tertiary/aromatic N) is 2. The van der Waals surface area contributed by atoms with Gasteiger partial charge in [0.2, 0.25) is 5.78 Å². The number of Topliss-reactive ketones (excluding diaryl/α,β-unsaturated/α-hetero) is 2. The molecule has 3 amide bonds. The van der Waals surface area contributed by atoms with Crippen LogP contribution in [-0.2, 0) is 9.59 Å². The third kappa shape index (κ3) is 2.30. The van der Waals surface area contributed by atoms with Gasteiger partial charge in [-0.15, -0.1) is 11.8 Å². The lowest BCUT2D eigenvalue weighted by Gasteiger charge is -2.63. The maximum atomic E-state index is 13.9. The van der Waals surface area contributed by atoms with Crippen molar-refractivity contribution in [3.8, 4) is 0 Å². The highest BCUT2D eigenvalue weighted by Crippen LogP contribution is 2.58. The number of fused-ring (bicyclic) bond motifs is 2. The summed E-state index contributed by atoms with van der Waals surface area (Å²) in [6, 6.07) is 14.8. The second kappa shape index (κ2) is 6.74. The van der Waals surface area contributed by atoms with Crippen LogP contribution in [0.1, 0.15) is 44.9 Å². The Morgan fingerprint density at radius 1 is 0.906 bits per heavy atom. The van der Waals surface area contributed by atoms with Crippen LogP contribution in [0.15, 0.2) is 66.4 Å². The number of ketones is 2. The van der Waals surface area contributed by atoms with Crippen molar-refractivity contribution in [3.63, 3.8) is 0 Å². The van der Waals surface area contributed by atoms with Gasteiger partial charge in [0, 0.05) is 23.1 Å². The molecule has 8 heteroatoms. The maximum absolute atomic E-state index is 13.9. The van der Waals surface area contributed by atoms with Crippen LogP contribution >= 0.6 is 11.8 Å². The number of amides is 3. The third-order valence-corrected chi connectivity index (χ3v) is 8.05. The molecule has 3 aliphatic rings. The van der Waals surface area contributed by atoms with Crippen LogP contribution in [0.3, 0.4) is 0 Å². The lowest BCUT2D eigenvalue weighted by molar-refractivity contribution is -0.162. The molecule has 3 heterocycles. The first-order valence-corrected chi connectivity index (χ1v) is 11.0. The van der Waals surface area contributed by atoms with Gasteiger partial charge in [0.1, 0.15) is 0 Å². The molecule has 160 valence electrons. The fourth-order valence-corrected chi connectivity index (χ4v) is 6.28. The molecule has 0 saturated carbocycles. The highest BCUT2D eigenvalue weighted by Gasteiger charge is 2.78. The Morgan fingerprint density at radius 3 is 2.03 bits per heavy atom. The molecule has 3 aliphatic heterocycles. The third-order valence-electron chi connectivity index (χ3n) is 6.39. The number of benzene rings is 2. The second-order valence-electron chi connectivity index (χ2n) is 8.08. The molecule has 0 N–H and O–H groups in total. The predicted octanol–water partition coefficient (Wildman–Crippen LogP) is 2.68. The van der Waals surface area contributed by atoms with E-state index < -0.39 is 33.9 Å². The average Bonchev–Trinajstić information content (AvgIpc) is 3.07. The molecule has 1 fully saturated rings. The molecule has 0 radical (unpaired) electrons. The number of thioether (sulfide) groups is 1. The minimum Gasteiger partial charge on any atom is -0.295 e. The van der Waals surface area contributed by atoms with Crippen LogP contribution in [0.4, 0.5) is 0 Å². The topological polar surface area (TPSA) is 91.8 Å². The van der Waals surface area contributed by atoms with Gasteiger partial charge in [0.25, 0.3) is 17.7 Å². The summed E-state index contributed by atoms with van der Waals surface area (Å²) >= 11 is 1.10. The van der Waals surface area contributed by atoms with Gasteiger partial charge in [-0.2, -0.15) is 0 Å². The van der Waals surface area contributed by atoms with E-state index in [-0.39, 0.29) is 22.7 Å². The Kier molecular flexibility index (Phi) is 4.29. The van der Waals surface area contributed by atoms with Crippen molar-refractivity contribution in [1.82, 2.24) is 9.80 Å². The predicted molar refractivity (Wildman–Crippen MR) is 117 cm³/mol. The molecule has 2 unspecified atom stereocenters. The summed E-state index contributed by atoms with van der Waals surface area (Å²) < 4.78 is 0. The zero-order valence-corrected chi connectivity index (χ0v) is 18.1. The molecular weight excluding hydrogens is 428 g/mol. The van der Waals surface area contributed by atoms with Crippen molar-refractivity contribution >= 4 is 41.0 Å². The second-order valence-corrected chi connectivity index (χ2v) is 9.25. The lowest BCUT2D eigenvalue weighted by Crippen LogP contribution is -2.87. The molecule has 0 aromatic heterocycles. The summed E-state index contributed by atoms with van der Waals surface area (Å²) in [5, 5.41) is 0. The van der Waals surface area contributed by atoms with Crippen LogP contribution in [0.5, 0.6) is 0 Å².